The average Bonchev–Trinajstić information content (AvgIpc) is 2.86. The normalized spacial score (nSPS) is 11.4. The smallest absolute Gasteiger partial charge is 0.407 e. The fraction of sp³-hybridized carbons (Fsp3) is 0.500. The van der Waals surface area contributed by atoms with Crippen molar-refractivity contribution in [1.82, 2.24) is 14.9 Å². The molecule has 0 aliphatic heterocycles. The number of rotatable bonds is 7. The lowest BCUT2D eigenvalue weighted by Crippen LogP contribution is -2.34. The zero-order valence-electron chi connectivity index (χ0n) is 16.2. The lowest BCUT2D eigenvalue weighted by molar-refractivity contribution is 0.0520. The summed E-state index contributed by atoms with van der Waals surface area (Å²) >= 11 is 0. The van der Waals surface area contributed by atoms with Gasteiger partial charge in [-0.2, -0.15) is 0 Å². The molecule has 27 heavy (non-hydrogen) atoms. The first-order valence-electron chi connectivity index (χ1n) is 8.81. The number of alkyl carbamates (subject to hydrolysis) is 1. The van der Waals surface area contributed by atoms with Gasteiger partial charge in [-0.3, -0.25) is 4.79 Å². The Kier molecular flexibility index (Phi) is 6.14. The molecule has 0 fully saturated rings. The molecule has 1 aromatic heterocycles. The molecule has 9 heteroatoms. The van der Waals surface area contributed by atoms with Crippen molar-refractivity contribution in [3.8, 4) is 5.75 Å². The molecule has 1 aromatic carbocycles. The van der Waals surface area contributed by atoms with Crippen molar-refractivity contribution >= 4 is 29.0 Å². The van der Waals surface area contributed by atoms with Gasteiger partial charge >= 0.3 is 6.09 Å². The number of nitrogens with two attached hydrogens (primary N) is 2. The van der Waals surface area contributed by atoms with Crippen molar-refractivity contribution in [1.29, 1.82) is 0 Å². The zero-order valence-corrected chi connectivity index (χ0v) is 16.2. The van der Waals surface area contributed by atoms with Crippen LogP contribution in [0.15, 0.2) is 12.1 Å². The van der Waals surface area contributed by atoms with E-state index in [4.69, 9.17) is 20.9 Å². The Morgan fingerprint density at radius 2 is 2.00 bits per heavy atom. The van der Waals surface area contributed by atoms with Gasteiger partial charge in [-0.15, -0.1) is 0 Å². The summed E-state index contributed by atoms with van der Waals surface area (Å²) in [4.78, 5) is 27.6. The zero-order chi connectivity index (χ0) is 20.2. The number of fused-ring (bicyclic) bond motifs is 1. The number of aromatic nitrogens is 2. The van der Waals surface area contributed by atoms with Crippen molar-refractivity contribution in [3.05, 3.63) is 17.7 Å². The summed E-state index contributed by atoms with van der Waals surface area (Å²) in [6.07, 6.45) is 0.328. The van der Waals surface area contributed by atoms with E-state index in [1.807, 2.05) is 11.5 Å². The number of nitrogens with zero attached hydrogens (tertiary/aromatic N) is 2. The van der Waals surface area contributed by atoms with Gasteiger partial charge < -0.3 is 30.8 Å². The van der Waals surface area contributed by atoms with Crippen LogP contribution in [0.1, 0.15) is 44.5 Å². The van der Waals surface area contributed by atoms with Crippen LogP contribution in [0.2, 0.25) is 0 Å². The lowest BCUT2D eigenvalue weighted by atomic mass is 10.1. The summed E-state index contributed by atoms with van der Waals surface area (Å²) in [5.41, 5.74) is 12.3. The third-order valence-corrected chi connectivity index (χ3v) is 3.60. The van der Waals surface area contributed by atoms with Crippen LogP contribution in [0.3, 0.4) is 0 Å². The number of nitrogens with one attached hydrogen (secondary N) is 1. The molecule has 1 heterocycles. The van der Waals surface area contributed by atoms with Gasteiger partial charge in [0.1, 0.15) is 23.5 Å². The predicted molar refractivity (Wildman–Crippen MR) is 103 cm³/mol. The lowest BCUT2D eigenvalue weighted by Gasteiger charge is -2.19. The summed E-state index contributed by atoms with van der Waals surface area (Å²) in [7, 11) is 0. The molecule has 0 spiro atoms. The highest BCUT2D eigenvalue weighted by atomic mass is 16.6. The number of primary amides is 1. The van der Waals surface area contributed by atoms with E-state index in [0.717, 1.165) is 6.42 Å². The summed E-state index contributed by atoms with van der Waals surface area (Å²) < 4.78 is 12.8. The third-order valence-electron chi connectivity index (χ3n) is 3.60. The summed E-state index contributed by atoms with van der Waals surface area (Å²) in [5.74, 6) is 0.187. The van der Waals surface area contributed by atoms with Crippen molar-refractivity contribution in [3.63, 3.8) is 0 Å². The number of ether oxygens (including phenoxy) is 2. The van der Waals surface area contributed by atoms with Crippen LogP contribution in [0.4, 0.5) is 10.7 Å². The number of imidazole rings is 1. The standard InChI is InChI=1S/C18H27N5O4/c1-5-7-23-14-12(22-16(23)20)9-11(15(19)24)10-13(14)26-8-6-21-17(25)27-18(2,3)4/h9-10H,5-8H2,1-4H3,(H2,19,24)(H2,20,22)(H,21,25). The molecular weight excluding hydrogens is 350 g/mol. The van der Waals surface area contributed by atoms with E-state index in [-0.39, 0.29) is 18.7 Å². The van der Waals surface area contributed by atoms with E-state index >= 15 is 0 Å². The maximum Gasteiger partial charge on any atom is 0.407 e. The highest BCUT2D eigenvalue weighted by Gasteiger charge is 2.18. The Bertz CT molecular complexity index is 838. The average molecular weight is 377 g/mol. The predicted octanol–water partition coefficient (Wildman–Crippen LogP) is 2.03. The quantitative estimate of drug-likeness (QED) is 0.632. The van der Waals surface area contributed by atoms with Gasteiger partial charge in [0, 0.05) is 12.1 Å². The summed E-state index contributed by atoms with van der Waals surface area (Å²) in [6, 6.07) is 3.15. The largest absolute Gasteiger partial charge is 0.489 e. The van der Waals surface area contributed by atoms with Gasteiger partial charge in [-0.25, -0.2) is 9.78 Å². The number of carbonyl (C=O) groups excluding carboxylic acids is 2. The second-order valence-corrected chi connectivity index (χ2v) is 7.11. The Hall–Kier alpha value is -2.97. The van der Waals surface area contributed by atoms with Crippen molar-refractivity contribution < 1.29 is 19.1 Å². The maximum absolute atomic E-state index is 11.7. The molecule has 0 saturated carbocycles. The molecule has 148 valence electrons. The van der Waals surface area contributed by atoms with E-state index < -0.39 is 17.6 Å². The molecule has 2 rings (SSSR count). The Balaban J connectivity index is 2.18. The number of anilines is 1. The van der Waals surface area contributed by atoms with E-state index in [1.54, 1.807) is 32.9 Å². The minimum absolute atomic E-state index is 0.174. The number of carbonyl (C=O) groups is 2. The van der Waals surface area contributed by atoms with Gasteiger partial charge in [0.25, 0.3) is 0 Å². The first-order chi connectivity index (χ1) is 12.6. The monoisotopic (exact) mass is 377 g/mol. The van der Waals surface area contributed by atoms with Crippen molar-refractivity contribution in [2.45, 2.75) is 46.3 Å². The van der Waals surface area contributed by atoms with Gasteiger partial charge in [-0.05, 0) is 39.3 Å². The fourth-order valence-electron chi connectivity index (χ4n) is 2.58. The van der Waals surface area contributed by atoms with E-state index in [0.29, 0.717) is 29.3 Å². The van der Waals surface area contributed by atoms with Crippen LogP contribution >= 0.6 is 0 Å². The van der Waals surface area contributed by atoms with E-state index in [9.17, 15) is 9.59 Å². The molecule has 2 amide bonds. The summed E-state index contributed by atoms with van der Waals surface area (Å²) in [5, 5.41) is 2.61. The molecule has 0 atom stereocenters. The number of nitrogen functional groups attached to an aromatic ring is 1. The van der Waals surface area contributed by atoms with Crippen LogP contribution in [0, 0.1) is 0 Å². The highest BCUT2D eigenvalue weighted by molar-refractivity contribution is 5.98. The Morgan fingerprint density at radius 1 is 1.30 bits per heavy atom. The van der Waals surface area contributed by atoms with Gasteiger partial charge in [0.05, 0.1) is 12.1 Å². The molecule has 0 radical (unpaired) electrons. The Morgan fingerprint density at radius 3 is 2.59 bits per heavy atom. The van der Waals surface area contributed by atoms with Gasteiger partial charge in [0.2, 0.25) is 11.9 Å². The minimum atomic E-state index is -0.586. The SMILES string of the molecule is CCCn1c(N)nc2cc(C(N)=O)cc(OCCNC(=O)OC(C)(C)C)c21. The number of hydrogen-bond acceptors (Lipinski definition) is 6. The van der Waals surface area contributed by atoms with Crippen LogP contribution < -0.4 is 21.5 Å². The molecule has 0 aliphatic carbocycles. The van der Waals surface area contributed by atoms with Crippen LogP contribution in [0.25, 0.3) is 11.0 Å². The molecule has 2 aromatic rings. The van der Waals surface area contributed by atoms with Gasteiger partial charge in [-0.1, -0.05) is 6.92 Å². The molecule has 0 aliphatic rings. The number of aryl methyl sites for hydroxylation is 1. The van der Waals surface area contributed by atoms with Crippen LogP contribution in [-0.2, 0) is 11.3 Å². The third kappa shape index (κ3) is 5.25. The van der Waals surface area contributed by atoms with Crippen molar-refractivity contribution in [2.75, 3.05) is 18.9 Å². The molecular formula is C18H27N5O4. The first-order valence-corrected chi connectivity index (χ1v) is 8.81. The number of hydrogen-bond donors (Lipinski definition) is 3. The summed E-state index contributed by atoms with van der Waals surface area (Å²) in [6.45, 7) is 8.44. The Labute approximate surface area is 158 Å². The molecule has 5 N–H and O–H groups in total. The highest BCUT2D eigenvalue weighted by Crippen LogP contribution is 2.30. The van der Waals surface area contributed by atoms with Crippen LogP contribution in [-0.4, -0.2) is 40.3 Å². The topological polar surface area (TPSA) is 134 Å². The fourth-order valence-corrected chi connectivity index (χ4v) is 2.58. The number of benzene rings is 1. The first kappa shape index (κ1) is 20.3. The van der Waals surface area contributed by atoms with E-state index in [1.165, 1.54) is 0 Å². The molecule has 0 bridgehead atoms. The second kappa shape index (κ2) is 8.15. The van der Waals surface area contributed by atoms with Gasteiger partial charge in [0.15, 0.2) is 0 Å². The molecule has 9 nitrogen and oxygen atoms in total. The van der Waals surface area contributed by atoms with Crippen molar-refractivity contribution in [2.24, 2.45) is 5.73 Å². The molecule has 0 unspecified atom stereocenters. The second-order valence-electron chi connectivity index (χ2n) is 7.11. The maximum atomic E-state index is 11.7. The van der Waals surface area contributed by atoms with E-state index in [2.05, 4.69) is 10.3 Å². The number of amides is 2. The molecule has 0 saturated heterocycles. The minimum Gasteiger partial charge on any atom is -0.489 e. The van der Waals surface area contributed by atoms with Crippen LogP contribution in [0.5, 0.6) is 5.75 Å².